The lowest BCUT2D eigenvalue weighted by Gasteiger charge is -2.23. The first-order valence-corrected chi connectivity index (χ1v) is 9.81. The smallest absolute Gasteiger partial charge is 0.408 e. The summed E-state index contributed by atoms with van der Waals surface area (Å²) in [5.74, 6) is -0.00915. The van der Waals surface area contributed by atoms with Crippen molar-refractivity contribution in [2.24, 2.45) is 5.92 Å². The summed E-state index contributed by atoms with van der Waals surface area (Å²) >= 11 is 0. The number of rotatable bonds is 9. The number of nitrogens with one attached hydrogen (secondary N) is 2. The Labute approximate surface area is 167 Å². The zero-order valence-corrected chi connectivity index (χ0v) is 16.9. The minimum Gasteiger partial charge on any atom is -0.445 e. The van der Waals surface area contributed by atoms with Gasteiger partial charge < -0.3 is 15.4 Å². The fraction of sp³-hybridized carbons (Fsp3) is 0.391. The molecule has 1 unspecified atom stereocenters. The maximum Gasteiger partial charge on any atom is 0.408 e. The zero-order chi connectivity index (χ0) is 20.4. The Hall–Kier alpha value is -2.82. The molecule has 2 aromatic rings. The van der Waals surface area contributed by atoms with Crippen LogP contribution in [0, 0.1) is 5.92 Å². The van der Waals surface area contributed by atoms with Crippen LogP contribution in [0.4, 0.5) is 4.79 Å². The Morgan fingerprint density at radius 2 is 1.57 bits per heavy atom. The molecule has 5 nitrogen and oxygen atoms in total. The van der Waals surface area contributed by atoms with Gasteiger partial charge in [0.05, 0.1) is 0 Å². The van der Waals surface area contributed by atoms with Crippen LogP contribution in [0.1, 0.15) is 44.2 Å². The molecule has 5 heteroatoms. The van der Waals surface area contributed by atoms with E-state index < -0.39 is 12.1 Å². The minimum absolute atomic E-state index is 0.0546. The predicted octanol–water partition coefficient (Wildman–Crippen LogP) is 4.25. The lowest BCUT2D eigenvalue weighted by molar-refractivity contribution is -0.124. The van der Waals surface area contributed by atoms with E-state index in [1.165, 1.54) is 5.56 Å². The molecule has 2 N–H and O–H groups in total. The molecule has 0 radical (unpaired) electrons. The molecule has 150 valence electrons. The van der Waals surface area contributed by atoms with Gasteiger partial charge >= 0.3 is 6.09 Å². The Morgan fingerprint density at radius 3 is 2.14 bits per heavy atom. The van der Waals surface area contributed by atoms with E-state index in [-0.39, 0.29) is 24.3 Å². The molecule has 0 aromatic heterocycles. The normalized spacial score (nSPS) is 12.9. The maximum absolute atomic E-state index is 12.7. The molecule has 0 spiro atoms. The molecule has 2 aromatic carbocycles. The number of carbonyl (C=O) groups excluding carboxylic acids is 2. The second-order valence-corrected chi connectivity index (χ2v) is 7.19. The highest BCUT2D eigenvalue weighted by Crippen LogP contribution is 2.18. The van der Waals surface area contributed by atoms with Crippen molar-refractivity contribution in [3.05, 3.63) is 71.8 Å². The van der Waals surface area contributed by atoms with Crippen LogP contribution in [0.2, 0.25) is 0 Å². The fourth-order valence-corrected chi connectivity index (χ4v) is 2.98. The first kappa shape index (κ1) is 21.5. The van der Waals surface area contributed by atoms with Crippen molar-refractivity contribution in [3.8, 4) is 0 Å². The third-order valence-electron chi connectivity index (χ3n) is 4.72. The molecule has 28 heavy (non-hydrogen) atoms. The van der Waals surface area contributed by atoms with E-state index in [9.17, 15) is 9.59 Å². The van der Waals surface area contributed by atoms with Gasteiger partial charge in [0.25, 0.3) is 0 Å². The maximum atomic E-state index is 12.7. The standard InChI is InChI=1S/C23H30N2O3/c1-4-19(20-13-9-6-10-14-20)15-24-22(26)21(17(2)3)25-23(27)28-16-18-11-7-5-8-12-18/h5-14,17,19,21H,4,15-16H2,1-3H3,(H,24,26)(H,25,27)/t19?,21-/m0/s1. The average Bonchev–Trinajstić information content (AvgIpc) is 2.72. The highest BCUT2D eigenvalue weighted by Gasteiger charge is 2.25. The Balaban J connectivity index is 1.87. The molecule has 0 aliphatic rings. The third kappa shape index (κ3) is 6.72. The Morgan fingerprint density at radius 1 is 0.964 bits per heavy atom. The number of alkyl carbamates (subject to hydrolysis) is 1. The summed E-state index contributed by atoms with van der Waals surface area (Å²) in [6.45, 7) is 6.60. The van der Waals surface area contributed by atoms with Crippen molar-refractivity contribution in [1.29, 1.82) is 0 Å². The van der Waals surface area contributed by atoms with E-state index in [1.807, 2.05) is 62.4 Å². The van der Waals surface area contributed by atoms with Crippen LogP contribution in [0.25, 0.3) is 0 Å². The molecule has 0 bridgehead atoms. The Kier molecular flexibility index (Phi) is 8.53. The summed E-state index contributed by atoms with van der Waals surface area (Å²) in [7, 11) is 0. The molecule has 2 amide bonds. The van der Waals surface area contributed by atoms with Crippen LogP contribution in [0.15, 0.2) is 60.7 Å². The van der Waals surface area contributed by atoms with Crippen LogP contribution in [0.3, 0.4) is 0 Å². The zero-order valence-electron chi connectivity index (χ0n) is 16.9. The first-order valence-electron chi connectivity index (χ1n) is 9.81. The van der Waals surface area contributed by atoms with Crippen LogP contribution >= 0.6 is 0 Å². The molecule has 0 fully saturated rings. The van der Waals surface area contributed by atoms with Gasteiger partial charge in [0.15, 0.2) is 0 Å². The number of amides is 2. The molecular formula is C23H30N2O3. The van der Waals surface area contributed by atoms with E-state index in [2.05, 4.69) is 29.7 Å². The molecule has 0 aliphatic carbocycles. The second-order valence-electron chi connectivity index (χ2n) is 7.19. The third-order valence-corrected chi connectivity index (χ3v) is 4.72. The van der Waals surface area contributed by atoms with Crippen LogP contribution in [-0.4, -0.2) is 24.6 Å². The topological polar surface area (TPSA) is 67.4 Å². The van der Waals surface area contributed by atoms with E-state index in [0.29, 0.717) is 6.54 Å². The molecule has 2 rings (SSSR count). The molecule has 0 heterocycles. The van der Waals surface area contributed by atoms with Gasteiger partial charge in [-0.15, -0.1) is 0 Å². The van der Waals surface area contributed by atoms with Gasteiger partial charge in [-0.2, -0.15) is 0 Å². The minimum atomic E-state index is -0.642. The van der Waals surface area contributed by atoms with Crippen molar-refractivity contribution < 1.29 is 14.3 Å². The lowest BCUT2D eigenvalue weighted by Crippen LogP contribution is -2.50. The van der Waals surface area contributed by atoms with Crippen LogP contribution < -0.4 is 10.6 Å². The lowest BCUT2D eigenvalue weighted by atomic mass is 9.96. The summed E-state index contributed by atoms with van der Waals surface area (Å²) in [6, 6.07) is 18.9. The monoisotopic (exact) mass is 382 g/mol. The van der Waals surface area contributed by atoms with E-state index in [4.69, 9.17) is 4.74 Å². The Bertz CT molecular complexity index is 732. The average molecular weight is 383 g/mol. The van der Waals surface area contributed by atoms with Crippen LogP contribution in [0.5, 0.6) is 0 Å². The van der Waals surface area contributed by atoms with Crippen molar-refractivity contribution >= 4 is 12.0 Å². The summed E-state index contributed by atoms with van der Waals surface area (Å²) in [5, 5.41) is 5.68. The molecular weight excluding hydrogens is 352 g/mol. The van der Waals surface area contributed by atoms with Gasteiger partial charge in [0, 0.05) is 12.5 Å². The van der Waals surface area contributed by atoms with Gasteiger partial charge in [-0.3, -0.25) is 4.79 Å². The summed E-state index contributed by atoms with van der Waals surface area (Å²) in [6.07, 6.45) is 0.330. The largest absolute Gasteiger partial charge is 0.445 e. The van der Waals surface area contributed by atoms with E-state index in [1.54, 1.807) is 0 Å². The second kappa shape index (κ2) is 11.1. The van der Waals surface area contributed by atoms with E-state index in [0.717, 1.165) is 12.0 Å². The van der Waals surface area contributed by atoms with Crippen molar-refractivity contribution in [2.45, 2.75) is 45.8 Å². The first-order chi connectivity index (χ1) is 13.5. The highest BCUT2D eigenvalue weighted by molar-refractivity contribution is 5.85. The summed E-state index contributed by atoms with van der Waals surface area (Å²) in [5.41, 5.74) is 2.10. The number of hydrogen-bond acceptors (Lipinski definition) is 3. The highest BCUT2D eigenvalue weighted by atomic mass is 16.5. The van der Waals surface area contributed by atoms with Gasteiger partial charge in [0.2, 0.25) is 5.91 Å². The molecule has 0 saturated carbocycles. The number of carbonyl (C=O) groups is 2. The van der Waals surface area contributed by atoms with Crippen molar-refractivity contribution in [3.63, 3.8) is 0 Å². The predicted molar refractivity (Wildman–Crippen MR) is 111 cm³/mol. The number of benzene rings is 2. The molecule has 0 saturated heterocycles. The van der Waals surface area contributed by atoms with Gasteiger partial charge in [-0.25, -0.2) is 4.79 Å². The number of ether oxygens (including phenoxy) is 1. The van der Waals surface area contributed by atoms with Gasteiger partial charge in [-0.1, -0.05) is 81.4 Å². The fourth-order valence-electron chi connectivity index (χ4n) is 2.98. The SMILES string of the molecule is CCC(CNC(=O)[C@@H](NC(=O)OCc1ccccc1)C(C)C)c1ccccc1. The van der Waals surface area contributed by atoms with Gasteiger partial charge in [-0.05, 0) is 23.5 Å². The van der Waals surface area contributed by atoms with Crippen molar-refractivity contribution in [2.75, 3.05) is 6.54 Å². The number of hydrogen-bond donors (Lipinski definition) is 2. The van der Waals surface area contributed by atoms with Gasteiger partial charge in [0.1, 0.15) is 12.6 Å². The van der Waals surface area contributed by atoms with E-state index >= 15 is 0 Å². The van der Waals surface area contributed by atoms with Crippen molar-refractivity contribution in [1.82, 2.24) is 10.6 Å². The summed E-state index contributed by atoms with van der Waals surface area (Å²) < 4.78 is 5.24. The molecule has 0 aliphatic heterocycles. The van der Waals surface area contributed by atoms with Crippen LogP contribution in [-0.2, 0) is 16.1 Å². The summed E-state index contributed by atoms with van der Waals surface area (Å²) in [4.78, 5) is 24.8. The quantitative estimate of drug-likeness (QED) is 0.681. The molecule has 2 atom stereocenters.